The Labute approximate surface area is 362 Å². The van der Waals surface area contributed by atoms with Crippen molar-refractivity contribution in [1.29, 1.82) is 0 Å². The van der Waals surface area contributed by atoms with E-state index in [1.54, 1.807) is 0 Å². The minimum Gasteiger partial charge on any atom is -0.456 e. The van der Waals surface area contributed by atoms with Gasteiger partial charge in [-0.1, -0.05) is 172 Å². The first kappa shape index (κ1) is 36.2. The molecule has 0 N–H and O–H groups in total. The number of fused-ring (bicyclic) bond motifs is 12. The van der Waals surface area contributed by atoms with Crippen molar-refractivity contribution >= 4 is 39.0 Å². The van der Waals surface area contributed by atoms with Crippen LogP contribution in [0.3, 0.4) is 0 Å². The molecule has 1 aromatic heterocycles. The summed E-state index contributed by atoms with van der Waals surface area (Å²) in [6, 6.07) is 74.7. The van der Waals surface area contributed by atoms with Gasteiger partial charge in [-0.2, -0.15) is 0 Å². The van der Waals surface area contributed by atoms with Gasteiger partial charge in [-0.15, -0.1) is 0 Å². The van der Waals surface area contributed by atoms with Crippen LogP contribution in [0.2, 0.25) is 0 Å². The van der Waals surface area contributed by atoms with E-state index in [-0.39, 0.29) is 5.41 Å². The topological polar surface area (TPSA) is 25.6 Å². The lowest BCUT2D eigenvalue weighted by molar-refractivity contribution is 0.438. The Hall–Kier alpha value is -7.62. The van der Waals surface area contributed by atoms with E-state index in [9.17, 15) is 0 Å². The Morgan fingerprint density at radius 2 is 1.05 bits per heavy atom. The lowest BCUT2D eigenvalue weighted by Crippen LogP contribution is -2.32. The monoisotopic (exact) mass is 797 g/mol. The molecule has 0 fully saturated rings. The summed E-state index contributed by atoms with van der Waals surface area (Å²) in [7, 11) is 0. The van der Waals surface area contributed by atoms with Gasteiger partial charge in [0.25, 0.3) is 0 Å². The SMILES string of the molecule is CC(C)(C)c1ccc2oc3cccc(N(c4ccc(-c5ccccc5)cc4)c4cc(-c5ccccc5)c5c(c4)C4(c6ccccc6O5)c5ccccc5-c5ccccc54)c3c2c1. The largest absolute Gasteiger partial charge is 0.456 e. The van der Waals surface area contributed by atoms with Crippen LogP contribution < -0.4 is 9.64 Å². The molecule has 3 heteroatoms. The summed E-state index contributed by atoms with van der Waals surface area (Å²) >= 11 is 0. The highest BCUT2D eigenvalue weighted by atomic mass is 16.5. The fraction of sp³-hybridized carbons (Fsp3) is 0.0847. The van der Waals surface area contributed by atoms with Crippen LogP contribution in [0.25, 0.3) is 55.3 Å². The fourth-order valence-corrected chi connectivity index (χ4v) is 10.2. The van der Waals surface area contributed by atoms with E-state index < -0.39 is 5.41 Å². The maximum atomic E-state index is 7.22. The highest BCUT2D eigenvalue weighted by Crippen LogP contribution is 2.64. The van der Waals surface area contributed by atoms with E-state index in [2.05, 4.69) is 232 Å². The lowest BCUT2D eigenvalue weighted by atomic mass is 9.65. The molecule has 1 spiro atoms. The molecular formula is C59H43NO2. The molecule has 0 saturated heterocycles. The third kappa shape index (κ3) is 5.38. The highest BCUT2D eigenvalue weighted by molar-refractivity contribution is 6.14. The van der Waals surface area contributed by atoms with Crippen LogP contribution in [-0.2, 0) is 10.8 Å². The average Bonchev–Trinajstić information content (AvgIpc) is 3.84. The molecule has 2 heterocycles. The van der Waals surface area contributed by atoms with Crippen LogP contribution in [0, 0.1) is 0 Å². The molecule has 62 heavy (non-hydrogen) atoms. The summed E-state index contributed by atoms with van der Waals surface area (Å²) in [4.78, 5) is 2.43. The summed E-state index contributed by atoms with van der Waals surface area (Å²) in [5.41, 5.74) is 17.1. The number of para-hydroxylation sites is 1. The smallest absolute Gasteiger partial charge is 0.140 e. The van der Waals surface area contributed by atoms with E-state index in [4.69, 9.17) is 9.15 Å². The summed E-state index contributed by atoms with van der Waals surface area (Å²) in [5, 5.41) is 2.18. The molecule has 0 bridgehead atoms. The molecule has 10 aromatic rings. The number of benzene rings is 9. The fourth-order valence-electron chi connectivity index (χ4n) is 10.2. The molecule has 0 radical (unpaired) electrons. The third-order valence-electron chi connectivity index (χ3n) is 13.1. The van der Waals surface area contributed by atoms with E-state index in [1.165, 1.54) is 33.4 Å². The molecule has 0 saturated carbocycles. The second kappa shape index (κ2) is 13.7. The van der Waals surface area contributed by atoms with Gasteiger partial charge in [0, 0.05) is 33.5 Å². The van der Waals surface area contributed by atoms with Crippen molar-refractivity contribution in [3.8, 4) is 44.9 Å². The number of furan rings is 1. The van der Waals surface area contributed by atoms with Gasteiger partial charge in [0.2, 0.25) is 0 Å². The molecule has 2 aliphatic rings. The minimum absolute atomic E-state index is 0.0404. The molecule has 0 atom stereocenters. The predicted molar refractivity (Wildman–Crippen MR) is 255 cm³/mol. The quantitative estimate of drug-likeness (QED) is 0.173. The molecule has 0 amide bonds. The van der Waals surface area contributed by atoms with Gasteiger partial charge in [-0.3, -0.25) is 0 Å². The van der Waals surface area contributed by atoms with Crippen molar-refractivity contribution in [3.63, 3.8) is 0 Å². The Kier molecular flexibility index (Phi) is 8.01. The van der Waals surface area contributed by atoms with Crippen LogP contribution in [0.4, 0.5) is 17.1 Å². The number of ether oxygens (including phenoxy) is 1. The molecule has 1 aliphatic carbocycles. The van der Waals surface area contributed by atoms with Crippen LogP contribution >= 0.6 is 0 Å². The summed E-state index contributed by atoms with van der Waals surface area (Å²) < 4.78 is 13.9. The van der Waals surface area contributed by atoms with Crippen LogP contribution in [0.5, 0.6) is 11.5 Å². The Balaban J connectivity index is 1.20. The van der Waals surface area contributed by atoms with Crippen molar-refractivity contribution in [2.45, 2.75) is 31.6 Å². The van der Waals surface area contributed by atoms with Crippen LogP contribution in [0.15, 0.2) is 211 Å². The summed E-state index contributed by atoms with van der Waals surface area (Å²) in [6.07, 6.45) is 0. The molecule has 12 rings (SSSR count). The number of hydrogen-bond acceptors (Lipinski definition) is 3. The summed E-state index contributed by atoms with van der Waals surface area (Å²) in [5.74, 6) is 1.74. The molecule has 3 nitrogen and oxygen atoms in total. The number of nitrogens with zero attached hydrogens (tertiary/aromatic N) is 1. The Bertz CT molecular complexity index is 3310. The van der Waals surface area contributed by atoms with Gasteiger partial charge in [0.1, 0.15) is 22.7 Å². The second-order valence-electron chi connectivity index (χ2n) is 17.6. The third-order valence-corrected chi connectivity index (χ3v) is 13.1. The molecular weight excluding hydrogens is 755 g/mol. The molecule has 9 aromatic carbocycles. The number of hydrogen-bond donors (Lipinski definition) is 0. The van der Waals surface area contributed by atoms with Gasteiger partial charge in [-0.05, 0) is 105 Å². The highest BCUT2D eigenvalue weighted by Gasteiger charge is 2.52. The average molecular weight is 798 g/mol. The molecule has 0 unspecified atom stereocenters. The van der Waals surface area contributed by atoms with E-state index in [1.807, 2.05) is 0 Å². The van der Waals surface area contributed by atoms with Gasteiger partial charge >= 0.3 is 0 Å². The standard InChI is InChI=1S/C59H43NO2/c1-58(2,3)41-31-34-53-47(35-41)56-52(26-16-28-55(56)61-53)60(42-32-29-39(30-33-42)38-17-6-4-7-18-38)43-36-46(40-19-8-5-9-20-40)57-51(37-43)59(50-25-14-15-27-54(50)62-57)48-23-12-10-21-44(48)45-22-11-13-24-49(45)59/h4-37H,1-3H3. The van der Waals surface area contributed by atoms with Crippen LogP contribution in [0.1, 0.15) is 48.6 Å². The van der Waals surface area contributed by atoms with Crippen molar-refractivity contribution < 1.29 is 9.15 Å². The predicted octanol–water partition coefficient (Wildman–Crippen LogP) is 16.2. The summed E-state index contributed by atoms with van der Waals surface area (Å²) in [6.45, 7) is 6.81. The first-order valence-corrected chi connectivity index (χ1v) is 21.5. The zero-order valence-corrected chi connectivity index (χ0v) is 34.9. The van der Waals surface area contributed by atoms with Crippen LogP contribution in [-0.4, -0.2) is 0 Å². The molecule has 1 aliphatic heterocycles. The van der Waals surface area contributed by atoms with E-state index in [0.717, 1.165) is 78.3 Å². The lowest BCUT2D eigenvalue weighted by Gasteiger charge is -2.41. The maximum absolute atomic E-state index is 7.22. The maximum Gasteiger partial charge on any atom is 0.140 e. The van der Waals surface area contributed by atoms with Gasteiger partial charge < -0.3 is 14.1 Å². The van der Waals surface area contributed by atoms with Gasteiger partial charge in [0.15, 0.2) is 0 Å². The number of rotatable bonds is 5. The van der Waals surface area contributed by atoms with Crippen molar-refractivity contribution in [3.05, 3.63) is 234 Å². The molecule has 296 valence electrons. The van der Waals surface area contributed by atoms with Crippen molar-refractivity contribution in [2.24, 2.45) is 0 Å². The van der Waals surface area contributed by atoms with Gasteiger partial charge in [-0.25, -0.2) is 0 Å². The Morgan fingerprint density at radius 1 is 0.435 bits per heavy atom. The van der Waals surface area contributed by atoms with Crippen molar-refractivity contribution in [1.82, 2.24) is 0 Å². The first-order chi connectivity index (χ1) is 30.4. The first-order valence-electron chi connectivity index (χ1n) is 21.5. The zero-order valence-electron chi connectivity index (χ0n) is 34.9. The van der Waals surface area contributed by atoms with Gasteiger partial charge in [0.05, 0.1) is 16.5 Å². The number of anilines is 3. The minimum atomic E-state index is -0.657. The Morgan fingerprint density at radius 3 is 1.74 bits per heavy atom. The normalized spacial score (nSPS) is 13.3. The van der Waals surface area contributed by atoms with E-state index >= 15 is 0 Å². The second-order valence-corrected chi connectivity index (χ2v) is 17.6. The van der Waals surface area contributed by atoms with E-state index in [0.29, 0.717) is 0 Å². The zero-order chi connectivity index (χ0) is 41.6. The van der Waals surface area contributed by atoms with Crippen molar-refractivity contribution in [2.75, 3.05) is 4.90 Å².